The average Bonchev–Trinajstić information content (AvgIpc) is 3.21. The van der Waals surface area contributed by atoms with Gasteiger partial charge in [-0.2, -0.15) is 0 Å². The lowest BCUT2D eigenvalue weighted by atomic mass is 10.1. The molecule has 3 aromatic rings. The fourth-order valence-corrected chi connectivity index (χ4v) is 5.08. The number of hydrogen-bond donors (Lipinski definition) is 0. The molecule has 0 amide bonds. The van der Waals surface area contributed by atoms with Crippen LogP contribution in [-0.2, 0) is 9.84 Å². The van der Waals surface area contributed by atoms with E-state index in [9.17, 15) is 17.6 Å². The Hall–Kier alpha value is -3.65. The van der Waals surface area contributed by atoms with Crippen LogP contribution in [0.4, 0.5) is 15.8 Å². The van der Waals surface area contributed by atoms with E-state index in [1.54, 1.807) is 42.5 Å². The second kappa shape index (κ2) is 6.95. The van der Waals surface area contributed by atoms with Crippen molar-refractivity contribution < 1.29 is 27.1 Å². The number of benzene rings is 3. The van der Waals surface area contributed by atoms with Gasteiger partial charge in [-0.3, -0.25) is 4.79 Å². The van der Waals surface area contributed by atoms with Crippen molar-refractivity contribution in [3.05, 3.63) is 88.7 Å². The van der Waals surface area contributed by atoms with E-state index < -0.39 is 26.3 Å². The number of carbonyl (C=O) groups excluding carboxylic acids is 1. The Kier molecular flexibility index (Phi) is 4.33. The van der Waals surface area contributed by atoms with Crippen molar-refractivity contribution in [1.29, 1.82) is 0 Å². The van der Waals surface area contributed by atoms with Gasteiger partial charge in [0.2, 0.25) is 22.4 Å². The van der Waals surface area contributed by atoms with Gasteiger partial charge in [0, 0.05) is 23.5 Å². The molecule has 3 aromatic carbocycles. The molecule has 2 heterocycles. The first-order chi connectivity index (χ1) is 14.8. The summed E-state index contributed by atoms with van der Waals surface area (Å²) in [6.07, 6.45) is 1.23. The Morgan fingerprint density at radius 2 is 1.71 bits per heavy atom. The third-order valence-electron chi connectivity index (χ3n) is 5.18. The minimum absolute atomic E-state index is 0.0748. The Morgan fingerprint density at radius 3 is 2.48 bits per heavy atom. The quantitative estimate of drug-likeness (QED) is 0.443. The van der Waals surface area contributed by atoms with Gasteiger partial charge in [-0.15, -0.1) is 0 Å². The predicted octanol–water partition coefficient (Wildman–Crippen LogP) is 4.51. The summed E-state index contributed by atoms with van der Waals surface area (Å²) >= 11 is 0. The molecule has 0 fully saturated rings. The van der Waals surface area contributed by atoms with Crippen LogP contribution in [0, 0.1) is 12.7 Å². The summed E-state index contributed by atoms with van der Waals surface area (Å²) in [4.78, 5) is 14.1. The maximum Gasteiger partial charge on any atom is 0.231 e. The number of sulfone groups is 1. The normalized spacial score (nSPS) is 15.9. The van der Waals surface area contributed by atoms with Crippen LogP contribution in [0.25, 0.3) is 0 Å². The van der Waals surface area contributed by atoms with Gasteiger partial charge < -0.3 is 14.4 Å². The number of ether oxygens (including phenoxy) is 2. The SMILES string of the molecule is Cc1ccc(C(=O)C2=CN(c3ccc4c(c3)OCO4)c3cc(F)ccc3S2(=O)=O)cc1. The van der Waals surface area contributed by atoms with Crippen LogP contribution in [0.1, 0.15) is 15.9 Å². The number of anilines is 2. The number of nitrogens with zero attached hydrogens (tertiary/aromatic N) is 1. The van der Waals surface area contributed by atoms with E-state index in [1.165, 1.54) is 17.2 Å². The van der Waals surface area contributed by atoms with Crippen molar-refractivity contribution in [2.24, 2.45) is 0 Å². The first kappa shape index (κ1) is 19.3. The number of rotatable bonds is 3. The van der Waals surface area contributed by atoms with Crippen LogP contribution in [0.5, 0.6) is 11.5 Å². The molecule has 6 nitrogen and oxygen atoms in total. The highest BCUT2D eigenvalue weighted by atomic mass is 32.2. The van der Waals surface area contributed by atoms with Crippen molar-refractivity contribution in [1.82, 2.24) is 0 Å². The van der Waals surface area contributed by atoms with Gasteiger partial charge in [-0.05, 0) is 37.3 Å². The summed E-state index contributed by atoms with van der Waals surface area (Å²) in [6.45, 7) is 1.95. The molecule has 0 aliphatic carbocycles. The third kappa shape index (κ3) is 3.16. The van der Waals surface area contributed by atoms with Crippen molar-refractivity contribution >= 4 is 27.0 Å². The van der Waals surface area contributed by atoms with Gasteiger partial charge in [0.05, 0.1) is 10.6 Å². The lowest BCUT2D eigenvalue weighted by molar-refractivity contribution is 0.104. The van der Waals surface area contributed by atoms with Gasteiger partial charge in [0.1, 0.15) is 10.7 Å². The summed E-state index contributed by atoms with van der Waals surface area (Å²) in [5, 5.41) is 0. The zero-order valence-corrected chi connectivity index (χ0v) is 17.1. The smallest absolute Gasteiger partial charge is 0.231 e. The molecule has 2 aliphatic rings. The summed E-state index contributed by atoms with van der Waals surface area (Å²) < 4.78 is 51.3. The topological polar surface area (TPSA) is 72.9 Å². The number of halogens is 1. The number of fused-ring (bicyclic) bond motifs is 2. The Bertz CT molecular complexity index is 1360. The summed E-state index contributed by atoms with van der Waals surface area (Å²) in [5.74, 6) is -0.210. The third-order valence-corrected chi connectivity index (χ3v) is 6.97. The van der Waals surface area contributed by atoms with E-state index in [2.05, 4.69) is 0 Å². The average molecular weight is 437 g/mol. The molecule has 5 rings (SSSR count). The van der Waals surface area contributed by atoms with Crippen LogP contribution in [-0.4, -0.2) is 21.0 Å². The van der Waals surface area contributed by atoms with E-state index in [0.29, 0.717) is 17.2 Å². The van der Waals surface area contributed by atoms with Gasteiger partial charge in [0.25, 0.3) is 0 Å². The number of Topliss-reactive ketones (excluding diaryl/α,β-unsaturated/α-hetero) is 1. The second-order valence-electron chi connectivity index (χ2n) is 7.21. The summed E-state index contributed by atoms with van der Waals surface area (Å²) in [7, 11) is -4.16. The van der Waals surface area contributed by atoms with E-state index >= 15 is 0 Å². The second-order valence-corrected chi connectivity index (χ2v) is 9.10. The number of ketones is 1. The zero-order valence-electron chi connectivity index (χ0n) is 16.3. The highest BCUT2D eigenvalue weighted by Gasteiger charge is 2.36. The molecule has 2 aliphatic heterocycles. The Morgan fingerprint density at radius 1 is 0.968 bits per heavy atom. The van der Waals surface area contributed by atoms with Crippen molar-refractivity contribution in [3.8, 4) is 11.5 Å². The zero-order chi connectivity index (χ0) is 21.8. The minimum atomic E-state index is -4.16. The predicted molar refractivity (Wildman–Crippen MR) is 112 cm³/mol. The monoisotopic (exact) mass is 437 g/mol. The van der Waals surface area contributed by atoms with Crippen LogP contribution in [0.15, 0.2) is 76.7 Å². The Labute approximate surface area is 178 Å². The molecule has 0 atom stereocenters. The lowest BCUT2D eigenvalue weighted by Crippen LogP contribution is -2.26. The molecule has 0 N–H and O–H groups in total. The van der Waals surface area contributed by atoms with Gasteiger partial charge in [0.15, 0.2) is 11.5 Å². The molecular weight excluding hydrogens is 421 g/mol. The Balaban J connectivity index is 1.70. The standard InChI is InChI=1S/C23H16FNO5S/c1-14-2-4-15(5-3-14)23(26)22-12-25(17-7-8-19-20(11-17)30-13-29-19)18-10-16(24)6-9-21(18)31(22,27)28/h2-12H,13H2,1H3. The lowest BCUT2D eigenvalue weighted by Gasteiger charge is -2.29. The van der Waals surface area contributed by atoms with E-state index in [0.717, 1.165) is 17.7 Å². The van der Waals surface area contributed by atoms with Crippen LogP contribution < -0.4 is 14.4 Å². The van der Waals surface area contributed by atoms with Crippen LogP contribution in [0.3, 0.4) is 0 Å². The summed E-state index contributed by atoms with van der Waals surface area (Å²) in [6, 6.07) is 15.0. The maximum absolute atomic E-state index is 14.1. The molecule has 0 bridgehead atoms. The largest absolute Gasteiger partial charge is 0.454 e. The maximum atomic E-state index is 14.1. The van der Waals surface area contributed by atoms with E-state index in [-0.39, 0.29) is 22.9 Å². The molecule has 156 valence electrons. The molecule has 0 radical (unpaired) electrons. The number of aryl methyl sites for hydroxylation is 1. The van der Waals surface area contributed by atoms with Gasteiger partial charge >= 0.3 is 0 Å². The molecule has 0 spiro atoms. The number of hydrogen-bond acceptors (Lipinski definition) is 6. The van der Waals surface area contributed by atoms with Crippen molar-refractivity contribution in [3.63, 3.8) is 0 Å². The first-order valence-corrected chi connectivity index (χ1v) is 10.9. The fraction of sp³-hybridized carbons (Fsp3) is 0.0870. The van der Waals surface area contributed by atoms with Gasteiger partial charge in [-0.25, -0.2) is 12.8 Å². The van der Waals surface area contributed by atoms with Crippen molar-refractivity contribution in [2.45, 2.75) is 11.8 Å². The molecule has 31 heavy (non-hydrogen) atoms. The first-order valence-electron chi connectivity index (χ1n) is 9.41. The molecule has 0 saturated heterocycles. The fourth-order valence-electron chi connectivity index (χ4n) is 3.56. The molecule has 0 aromatic heterocycles. The van der Waals surface area contributed by atoms with E-state index in [4.69, 9.17) is 9.47 Å². The van der Waals surface area contributed by atoms with Gasteiger partial charge in [-0.1, -0.05) is 29.8 Å². The molecule has 0 saturated carbocycles. The highest BCUT2D eigenvalue weighted by Crippen LogP contribution is 2.43. The van der Waals surface area contributed by atoms with Crippen molar-refractivity contribution in [2.75, 3.05) is 11.7 Å². The summed E-state index contributed by atoms with van der Waals surface area (Å²) in [5.41, 5.74) is 1.80. The molecule has 0 unspecified atom stereocenters. The van der Waals surface area contributed by atoms with Crippen LogP contribution >= 0.6 is 0 Å². The van der Waals surface area contributed by atoms with Crippen LogP contribution in [0.2, 0.25) is 0 Å². The highest BCUT2D eigenvalue weighted by molar-refractivity contribution is 7.96. The number of allylic oxidation sites excluding steroid dienone is 1. The van der Waals surface area contributed by atoms with E-state index in [1.807, 2.05) is 6.92 Å². The minimum Gasteiger partial charge on any atom is -0.454 e. The molecule has 8 heteroatoms. The molecular formula is C23H16FNO5S. The number of carbonyl (C=O) groups is 1.